The van der Waals surface area contributed by atoms with Crippen LogP contribution in [0.1, 0.15) is 25.3 Å². The molecule has 0 bridgehead atoms. The number of nitrogens with zero attached hydrogens (tertiary/aromatic N) is 4. The number of esters is 1. The Labute approximate surface area is 159 Å². The van der Waals surface area contributed by atoms with Crippen LogP contribution in [0, 0.1) is 0 Å². The monoisotopic (exact) mass is 377 g/mol. The van der Waals surface area contributed by atoms with Gasteiger partial charge in [0.2, 0.25) is 5.95 Å². The fourth-order valence-electron chi connectivity index (χ4n) is 3.25. The third kappa shape index (κ3) is 5.61. The van der Waals surface area contributed by atoms with Crippen LogP contribution in [-0.2, 0) is 25.6 Å². The molecule has 27 heavy (non-hydrogen) atoms. The Hall–Kier alpha value is -2.26. The Morgan fingerprint density at radius 3 is 2.63 bits per heavy atom. The normalized spacial score (nSPS) is 20.5. The Bertz CT molecular complexity index is 625. The number of anilines is 1. The number of carbonyl (C=O) groups is 2. The first-order valence-corrected chi connectivity index (χ1v) is 9.49. The predicted octanol–water partition coefficient (Wildman–Crippen LogP) is 0.275. The van der Waals surface area contributed by atoms with E-state index in [1.54, 1.807) is 19.3 Å². The van der Waals surface area contributed by atoms with Crippen molar-refractivity contribution >= 4 is 17.8 Å². The summed E-state index contributed by atoms with van der Waals surface area (Å²) in [6, 6.07) is 0. The summed E-state index contributed by atoms with van der Waals surface area (Å²) in [5, 5.41) is 2.84. The van der Waals surface area contributed by atoms with Crippen LogP contribution in [0.3, 0.4) is 0 Å². The quantitative estimate of drug-likeness (QED) is 0.677. The minimum absolute atomic E-state index is 0.0495. The molecule has 0 aromatic carbocycles. The van der Waals surface area contributed by atoms with E-state index in [1.807, 2.05) is 4.90 Å². The second-order valence-corrected chi connectivity index (χ2v) is 6.68. The van der Waals surface area contributed by atoms with Crippen molar-refractivity contribution in [1.29, 1.82) is 0 Å². The van der Waals surface area contributed by atoms with Crippen molar-refractivity contribution in [2.75, 3.05) is 51.3 Å². The van der Waals surface area contributed by atoms with Gasteiger partial charge in [-0.15, -0.1) is 0 Å². The number of piperazine rings is 1. The third-order valence-electron chi connectivity index (χ3n) is 4.70. The van der Waals surface area contributed by atoms with E-state index in [1.165, 1.54) is 0 Å². The number of amides is 1. The van der Waals surface area contributed by atoms with Crippen LogP contribution in [0.15, 0.2) is 12.4 Å². The van der Waals surface area contributed by atoms with E-state index in [4.69, 9.17) is 9.47 Å². The van der Waals surface area contributed by atoms with Crippen LogP contribution >= 0.6 is 0 Å². The van der Waals surface area contributed by atoms with Gasteiger partial charge < -0.3 is 19.7 Å². The number of aromatic nitrogens is 2. The van der Waals surface area contributed by atoms with Crippen LogP contribution in [0.5, 0.6) is 0 Å². The van der Waals surface area contributed by atoms with E-state index in [0.717, 1.165) is 51.1 Å². The molecular weight excluding hydrogens is 350 g/mol. The fourth-order valence-corrected chi connectivity index (χ4v) is 3.25. The molecule has 9 nitrogen and oxygen atoms in total. The van der Waals surface area contributed by atoms with Gasteiger partial charge >= 0.3 is 5.97 Å². The van der Waals surface area contributed by atoms with Gasteiger partial charge in [0.05, 0.1) is 6.61 Å². The van der Waals surface area contributed by atoms with Crippen molar-refractivity contribution in [3.8, 4) is 0 Å². The van der Waals surface area contributed by atoms with Gasteiger partial charge in [-0.1, -0.05) is 0 Å². The van der Waals surface area contributed by atoms with Crippen LogP contribution in [0.2, 0.25) is 0 Å². The molecule has 1 atom stereocenters. The molecule has 9 heteroatoms. The zero-order chi connectivity index (χ0) is 19.1. The van der Waals surface area contributed by atoms with E-state index in [2.05, 4.69) is 20.2 Å². The van der Waals surface area contributed by atoms with Crippen molar-refractivity contribution in [3.63, 3.8) is 0 Å². The zero-order valence-corrected chi connectivity index (χ0v) is 15.7. The Kier molecular flexibility index (Phi) is 6.94. The number of hydrogen-bond acceptors (Lipinski definition) is 8. The number of rotatable bonds is 7. The van der Waals surface area contributed by atoms with Crippen LogP contribution in [0.4, 0.5) is 5.95 Å². The minimum atomic E-state index is -0.333. The summed E-state index contributed by atoms with van der Waals surface area (Å²) in [6.07, 6.45) is 5.09. The minimum Gasteiger partial charge on any atom is -0.465 e. The fraction of sp³-hybridized carbons (Fsp3) is 0.667. The van der Waals surface area contributed by atoms with E-state index in [0.29, 0.717) is 19.2 Å². The average Bonchev–Trinajstić information content (AvgIpc) is 3.23. The molecule has 148 valence electrons. The highest BCUT2D eigenvalue weighted by molar-refractivity contribution is 5.81. The lowest BCUT2D eigenvalue weighted by Crippen LogP contribution is -2.51. The van der Waals surface area contributed by atoms with Gasteiger partial charge in [0.15, 0.2) is 0 Å². The van der Waals surface area contributed by atoms with Gasteiger partial charge in [0, 0.05) is 57.3 Å². The zero-order valence-electron chi connectivity index (χ0n) is 15.7. The molecule has 1 aromatic heterocycles. The van der Waals surface area contributed by atoms with Gasteiger partial charge in [-0.3, -0.25) is 14.5 Å². The maximum Gasteiger partial charge on any atom is 0.325 e. The number of hydrogen-bond donors (Lipinski definition) is 1. The Morgan fingerprint density at radius 1 is 1.26 bits per heavy atom. The highest BCUT2D eigenvalue weighted by Crippen LogP contribution is 2.16. The maximum absolute atomic E-state index is 12.4. The summed E-state index contributed by atoms with van der Waals surface area (Å²) in [5.41, 5.74) is 0.996. The molecular formula is C18H27N5O4. The SMILES string of the molecule is CCOC(=O)CNc1ncc(CN2CCN(C(=O)[C@@H]3CCCO3)CC2)cn1. The molecule has 2 fully saturated rings. The van der Waals surface area contributed by atoms with Gasteiger partial charge in [-0.05, 0) is 19.8 Å². The molecule has 0 radical (unpaired) electrons. The molecule has 1 N–H and O–H groups in total. The first-order valence-electron chi connectivity index (χ1n) is 9.49. The summed E-state index contributed by atoms with van der Waals surface area (Å²) >= 11 is 0. The first-order chi connectivity index (χ1) is 13.2. The smallest absolute Gasteiger partial charge is 0.325 e. The topological polar surface area (TPSA) is 96.9 Å². The summed E-state index contributed by atoms with van der Waals surface area (Å²) in [4.78, 5) is 36.4. The highest BCUT2D eigenvalue weighted by atomic mass is 16.5. The van der Waals surface area contributed by atoms with E-state index in [9.17, 15) is 9.59 Å². The molecule has 1 amide bonds. The van der Waals surface area contributed by atoms with Crippen molar-refractivity contribution in [2.24, 2.45) is 0 Å². The summed E-state index contributed by atoms with van der Waals surface area (Å²) < 4.78 is 10.3. The summed E-state index contributed by atoms with van der Waals surface area (Å²) in [6.45, 7) is 6.68. The molecule has 0 aliphatic carbocycles. The largest absolute Gasteiger partial charge is 0.465 e. The third-order valence-corrected chi connectivity index (χ3v) is 4.70. The van der Waals surface area contributed by atoms with Crippen LogP contribution in [-0.4, -0.2) is 83.7 Å². The Morgan fingerprint density at radius 2 is 2.00 bits per heavy atom. The van der Waals surface area contributed by atoms with E-state index < -0.39 is 0 Å². The molecule has 2 saturated heterocycles. The lowest BCUT2D eigenvalue weighted by Gasteiger charge is -2.35. The van der Waals surface area contributed by atoms with Gasteiger partial charge in [-0.2, -0.15) is 0 Å². The van der Waals surface area contributed by atoms with E-state index >= 15 is 0 Å². The number of ether oxygens (including phenoxy) is 2. The molecule has 2 aliphatic heterocycles. The second-order valence-electron chi connectivity index (χ2n) is 6.68. The molecule has 3 rings (SSSR count). The standard InChI is InChI=1S/C18H27N5O4/c1-2-26-16(24)12-21-18-19-10-14(11-20-18)13-22-5-7-23(8-6-22)17(25)15-4-3-9-27-15/h10-11,15H,2-9,12-13H2,1H3,(H,19,20,21)/t15-/m0/s1. The first kappa shape index (κ1) is 19.5. The average molecular weight is 377 g/mol. The van der Waals surface area contributed by atoms with Crippen LogP contribution in [0.25, 0.3) is 0 Å². The van der Waals surface area contributed by atoms with Crippen LogP contribution < -0.4 is 5.32 Å². The molecule has 0 unspecified atom stereocenters. The van der Waals surface area contributed by atoms with Gasteiger partial charge in [0.25, 0.3) is 5.91 Å². The number of nitrogens with one attached hydrogen (secondary N) is 1. The molecule has 0 spiro atoms. The molecule has 1 aromatic rings. The van der Waals surface area contributed by atoms with Crippen molar-refractivity contribution < 1.29 is 19.1 Å². The number of carbonyl (C=O) groups excluding carboxylic acids is 2. The maximum atomic E-state index is 12.4. The van der Waals surface area contributed by atoms with Crippen molar-refractivity contribution in [3.05, 3.63) is 18.0 Å². The molecule has 3 heterocycles. The summed E-state index contributed by atoms with van der Waals surface area (Å²) in [7, 11) is 0. The van der Waals surface area contributed by atoms with Gasteiger partial charge in [0.1, 0.15) is 12.6 Å². The Balaban J connectivity index is 1.41. The van der Waals surface area contributed by atoms with Crippen molar-refractivity contribution in [1.82, 2.24) is 19.8 Å². The molecule has 0 saturated carbocycles. The van der Waals surface area contributed by atoms with E-state index in [-0.39, 0.29) is 24.5 Å². The van der Waals surface area contributed by atoms with Gasteiger partial charge in [-0.25, -0.2) is 9.97 Å². The summed E-state index contributed by atoms with van der Waals surface area (Å²) in [5.74, 6) is 0.201. The molecule has 2 aliphatic rings. The lowest BCUT2D eigenvalue weighted by atomic mass is 10.2. The highest BCUT2D eigenvalue weighted by Gasteiger charge is 2.30. The predicted molar refractivity (Wildman–Crippen MR) is 98.0 cm³/mol. The van der Waals surface area contributed by atoms with Crippen molar-refractivity contribution in [2.45, 2.75) is 32.4 Å². The second kappa shape index (κ2) is 9.61. The lowest BCUT2D eigenvalue weighted by molar-refractivity contribution is -0.143.